The molecule has 1 atom stereocenters. The van der Waals surface area contributed by atoms with Gasteiger partial charge in [-0.3, -0.25) is 4.90 Å². The molecule has 0 spiro atoms. The Hall–Kier alpha value is -1.04. The van der Waals surface area contributed by atoms with E-state index >= 15 is 0 Å². The Balaban J connectivity index is 2.02. The third-order valence-electron chi connectivity index (χ3n) is 2.85. The number of morpholine rings is 1. The van der Waals surface area contributed by atoms with Crippen LogP contribution in [-0.4, -0.2) is 42.4 Å². The Labute approximate surface area is 98.6 Å². The average molecular weight is 243 g/mol. The number of nitrogens with zero attached hydrogens (tertiary/aromatic N) is 1. The first-order chi connectivity index (χ1) is 8.20. The van der Waals surface area contributed by atoms with E-state index < -0.39 is 11.6 Å². The second-order valence-corrected chi connectivity index (χ2v) is 4.12. The first-order valence-corrected chi connectivity index (χ1v) is 5.58. The second-order valence-electron chi connectivity index (χ2n) is 4.12. The highest BCUT2D eigenvalue weighted by Gasteiger charge is 2.21. The van der Waals surface area contributed by atoms with Crippen LogP contribution in [0.4, 0.5) is 8.78 Å². The minimum Gasteiger partial charge on any atom is -0.394 e. The van der Waals surface area contributed by atoms with Gasteiger partial charge in [0.2, 0.25) is 0 Å². The number of halogens is 2. The molecule has 5 heteroatoms. The highest BCUT2D eigenvalue weighted by molar-refractivity contribution is 5.18. The van der Waals surface area contributed by atoms with Gasteiger partial charge in [-0.25, -0.2) is 8.78 Å². The van der Waals surface area contributed by atoms with Crippen LogP contribution < -0.4 is 0 Å². The van der Waals surface area contributed by atoms with E-state index in [-0.39, 0.29) is 12.7 Å². The van der Waals surface area contributed by atoms with Crippen LogP contribution in [0, 0.1) is 11.6 Å². The van der Waals surface area contributed by atoms with Crippen LogP contribution in [0.2, 0.25) is 0 Å². The Morgan fingerprint density at radius 3 is 3.00 bits per heavy atom. The predicted octanol–water partition coefficient (Wildman–Crippen LogP) is 1.16. The van der Waals surface area contributed by atoms with Gasteiger partial charge in [0.1, 0.15) is 0 Å². The maximum absolute atomic E-state index is 13.5. The Morgan fingerprint density at radius 1 is 1.41 bits per heavy atom. The van der Waals surface area contributed by atoms with Gasteiger partial charge in [-0.15, -0.1) is 0 Å². The molecule has 1 N–H and O–H groups in total. The summed E-state index contributed by atoms with van der Waals surface area (Å²) in [4.78, 5) is 1.95. The molecule has 0 amide bonds. The SMILES string of the molecule is OCC1CN(Cc2cccc(F)c2F)CCO1. The molecule has 1 saturated heterocycles. The largest absolute Gasteiger partial charge is 0.394 e. The minimum absolute atomic E-state index is 0.0534. The third-order valence-corrected chi connectivity index (χ3v) is 2.85. The van der Waals surface area contributed by atoms with E-state index in [0.717, 1.165) is 6.07 Å². The first-order valence-electron chi connectivity index (χ1n) is 5.58. The van der Waals surface area contributed by atoms with Crippen molar-refractivity contribution >= 4 is 0 Å². The number of aliphatic hydroxyl groups excluding tert-OH is 1. The van der Waals surface area contributed by atoms with Crippen molar-refractivity contribution in [2.24, 2.45) is 0 Å². The zero-order valence-corrected chi connectivity index (χ0v) is 9.40. The van der Waals surface area contributed by atoms with E-state index in [9.17, 15) is 8.78 Å². The van der Waals surface area contributed by atoms with E-state index in [0.29, 0.717) is 31.8 Å². The van der Waals surface area contributed by atoms with Crippen LogP contribution in [0.3, 0.4) is 0 Å². The summed E-state index contributed by atoms with van der Waals surface area (Å²) in [6, 6.07) is 4.17. The molecule has 1 heterocycles. The normalized spacial score (nSPS) is 21.7. The maximum Gasteiger partial charge on any atom is 0.163 e. The van der Waals surface area contributed by atoms with E-state index in [1.54, 1.807) is 6.07 Å². The number of benzene rings is 1. The van der Waals surface area contributed by atoms with Crippen molar-refractivity contribution in [3.63, 3.8) is 0 Å². The van der Waals surface area contributed by atoms with Crippen molar-refractivity contribution in [2.45, 2.75) is 12.6 Å². The molecule has 94 valence electrons. The lowest BCUT2D eigenvalue weighted by atomic mass is 10.1. The molecule has 2 rings (SSSR count). The van der Waals surface area contributed by atoms with Crippen molar-refractivity contribution in [3.05, 3.63) is 35.4 Å². The lowest BCUT2D eigenvalue weighted by molar-refractivity contribution is -0.0553. The molecule has 3 nitrogen and oxygen atoms in total. The van der Waals surface area contributed by atoms with Gasteiger partial charge in [0.05, 0.1) is 19.3 Å². The summed E-state index contributed by atoms with van der Waals surface area (Å²) in [6.45, 7) is 1.98. The first kappa shape index (κ1) is 12.4. The van der Waals surface area contributed by atoms with E-state index in [1.807, 2.05) is 4.90 Å². The third kappa shape index (κ3) is 3.00. The van der Waals surface area contributed by atoms with E-state index in [4.69, 9.17) is 9.84 Å². The van der Waals surface area contributed by atoms with Crippen molar-refractivity contribution in [1.82, 2.24) is 4.90 Å². The Bertz CT molecular complexity index is 387. The molecule has 1 fully saturated rings. The summed E-state index contributed by atoms with van der Waals surface area (Å²) in [6.07, 6.45) is -0.236. The quantitative estimate of drug-likeness (QED) is 0.864. The average Bonchev–Trinajstić information content (AvgIpc) is 2.35. The molecule has 0 radical (unpaired) electrons. The smallest absolute Gasteiger partial charge is 0.163 e. The number of hydrogen-bond donors (Lipinski definition) is 1. The number of ether oxygens (including phenoxy) is 1. The van der Waals surface area contributed by atoms with Crippen LogP contribution in [0.1, 0.15) is 5.56 Å². The maximum atomic E-state index is 13.5. The standard InChI is InChI=1S/C12H15F2NO2/c13-11-3-1-2-9(12(11)14)6-15-4-5-17-10(7-15)8-16/h1-3,10,16H,4-8H2. The van der Waals surface area contributed by atoms with Gasteiger partial charge in [-0.2, -0.15) is 0 Å². The van der Waals surface area contributed by atoms with E-state index in [2.05, 4.69) is 0 Å². The minimum atomic E-state index is -0.825. The summed E-state index contributed by atoms with van der Waals surface area (Å²) in [5.41, 5.74) is 0.337. The predicted molar refractivity (Wildman–Crippen MR) is 58.5 cm³/mol. The van der Waals surface area contributed by atoms with Crippen molar-refractivity contribution in [3.8, 4) is 0 Å². The van der Waals surface area contributed by atoms with Gasteiger partial charge in [0.25, 0.3) is 0 Å². The highest BCUT2D eigenvalue weighted by atomic mass is 19.2. The summed E-state index contributed by atoms with van der Waals surface area (Å²) in [5.74, 6) is -1.62. The molecular formula is C12H15F2NO2. The summed E-state index contributed by atoms with van der Waals surface area (Å²) >= 11 is 0. The summed E-state index contributed by atoms with van der Waals surface area (Å²) in [7, 11) is 0. The van der Waals surface area contributed by atoms with Crippen LogP contribution in [-0.2, 0) is 11.3 Å². The summed E-state index contributed by atoms with van der Waals surface area (Å²) < 4.78 is 31.8. The number of rotatable bonds is 3. The fourth-order valence-electron chi connectivity index (χ4n) is 1.95. The fourth-order valence-corrected chi connectivity index (χ4v) is 1.95. The van der Waals surface area contributed by atoms with Crippen LogP contribution >= 0.6 is 0 Å². The monoisotopic (exact) mass is 243 g/mol. The van der Waals surface area contributed by atoms with Crippen molar-refractivity contribution in [1.29, 1.82) is 0 Å². The Morgan fingerprint density at radius 2 is 2.24 bits per heavy atom. The van der Waals surface area contributed by atoms with E-state index in [1.165, 1.54) is 6.07 Å². The molecule has 1 unspecified atom stereocenters. The molecule has 1 aliphatic rings. The Kier molecular flexibility index (Phi) is 4.04. The fraction of sp³-hybridized carbons (Fsp3) is 0.500. The molecule has 0 saturated carbocycles. The van der Waals surface area contributed by atoms with Crippen molar-refractivity contribution in [2.75, 3.05) is 26.3 Å². The molecule has 1 aromatic rings. The molecule has 0 aliphatic carbocycles. The van der Waals surface area contributed by atoms with Gasteiger partial charge in [0.15, 0.2) is 11.6 Å². The highest BCUT2D eigenvalue weighted by Crippen LogP contribution is 2.15. The number of hydrogen-bond acceptors (Lipinski definition) is 3. The molecule has 1 aromatic carbocycles. The van der Waals surface area contributed by atoms with Gasteiger partial charge < -0.3 is 9.84 Å². The number of aliphatic hydroxyl groups is 1. The molecule has 0 bridgehead atoms. The van der Waals surface area contributed by atoms with Crippen LogP contribution in [0.15, 0.2) is 18.2 Å². The van der Waals surface area contributed by atoms with Crippen LogP contribution in [0.5, 0.6) is 0 Å². The summed E-state index contributed by atoms with van der Waals surface area (Å²) in [5, 5.41) is 8.99. The van der Waals surface area contributed by atoms with Gasteiger partial charge in [0, 0.05) is 25.2 Å². The van der Waals surface area contributed by atoms with Gasteiger partial charge in [-0.1, -0.05) is 12.1 Å². The molecule has 17 heavy (non-hydrogen) atoms. The van der Waals surface area contributed by atoms with Gasteiger partial charge in [-0.05, 0) is 6.07 Å². The second kappa shape index (κ2) is 5.53. The molecule has 1 aliphatic heterocycles. The molecule has 0 aromatic heterocycles. The lowest BCUT2D eigenvalue weighted by Gasteiger charge is -2.32. The van der Waals surface area contributed by atoms with Crippen molar-refractivity contribution < 1.29 is 18.6 Å². The topological polar surface area (TPSA) is 32.7 Å². The van der Waals surface area contributed by atoms with Crippen LogP contribution in [0.25, 0.3) is 0 Å². The zero-order chi connectivity index (χ0) is 12.3. The van der Waals surface area contributed by atoms with Gasteiger partial charge >= 0.3 is 0 Å². The zero-order valence-electron chi connectivity index (χ0n) is 9.40. The lowest BCUT2D eigenvalue weighted by Crippen LogP contribution is -2.43. The molecular weight excluding hydrogens is 228 g/mol.